The molecule has 4 nitrogen and oxygen atoms in total. The average Bonchev–Trinajstić information content (AvgIpc) is 2.26. The molecule has 1 aromatic heterocycles. The molecule has 1 rings (SSSR count). The number of aromatic nitrogens is 1. The van der Waals surface area contributed by atoms with Gasteiger partial charge in [0.05, 0.1) is 7.11 Å². The quantitative estimate of drug-likeness (QED) is 0.800. The Morgan fingerprint density at radius 1 is 1.62 bits per heavy atom. The summed E-state index contributed by atoms with van der Waals surface area (Å²) in [4.78, 5) is 15.2. The van der Waals surface area contributed by atoms with Crippen molar-refractivity contribution in [2.24, 2.45) is 5.73 Å². The predicted molar refractivity (Wildman–Crippen MR) is 53.2 cm³/mol. The lowest BCUT2D eigenvalue weighted by atomic mass is 10.1. The molecule has 0 bridgehead atoms. The second kappa shape index (κ2) is 4.98. The van der Waals surface area contributed by atoms with Crippen molar-refractivity contribution >= 4 is 5.97 Å². The molecule has 1 heterocycles. The lowest BCUT2D eigenvalue weighted by molar-refractivity contribution is 0.0591. The minimum atomic E-state index is -2.69. The van der Waals surface area contributed by atoms with Crippen molar-refractivity contribution in [3.05, 3.63) is 28.6 Å². The molecular weight excluding hydrogens is 218 g/mol. The van der Waals surface area contributed by atoms with E-state index in [1.165, 1.54) is 13.0 Å². The first kappa shape index (κ1) is 12.5. The summed E-state index contributed by atoms with van der Waals surface area (Å²) < 4.78 is 29.9. The van der Waals surface area contributed by atoms with Crippen LogP contribution in [0.25, 0.3) is 0 Å². The van der Waals surface area contributed by atoms with Crippen molar-refractivity contribution in [1.29, 1.82) is 0 Å². The first-order chi connectivity index (χ1) is 7.51. The van der Waals surface area contributed by atoms with Crippen molar-refractivity contribution in [3.8, 4) is 0 Å². The fourth-order valence-corrected chi connectivity index (χ4v) is 1.40. The van der Waals surface area contributed by atoms with Crippen LogP contribution in [0, 0.1) is 6.92 Å². The molecule has 16 heavy (non-hydrogen) atoms. The molecule has 0 saturated carbocycles. The van der Waals surface area contributed by atoms with E-state index in [1.54, 1.807) is 0 Å². The van der Waals surface area contributed by atoms with Gasteiger partial charge in [0.25, 0.3) is 6.43 Å². The highest BCUT2D eigenvalue weighted by Gasteiger charge is 2.21. The van der Waals surface area contributed by atoms with Crippen LogP contribution in [0.4, 0.5) is 8.78 Å². The van der Waals surface area contributed by atoms with Crippen molar-refractivity contribution in [2.45, 2.75) is 19.9 Å². The molecule has 0 atom stereocenters. The number of hydrogen-bond acceptors (Lipinski definition) is 4. The van der Waals surface area contributed by atoms with Crippen molar-refractivity contribution < 1.29 is 18.3 Å². The van der Waals surface area contributed by atoms with Gasteiger partial charge in [-0.05, 0) is 13.0 Å². The van der Waals surface area contributed by atoms with Crippen LogP contribution < -0.4 is 5.73 Å². The molecule has 2 N–H and O–H groups in total. The van der Waals surface area contributed by atoms with E-state index >= 15 is 0 Å². The van der Waals surface area contributed by atoms with E-state index in [4.69, 9.17) is 5.73 Å². The van der Waals surface area contributed by atoms with Gasteiger partial charge in [0.2, 0.25) is 0 Å². The molecule has 0 aliphatic heterocycles. The maximum Gasteiger partial charge on any atom is 0.357 e. The normalized spacial score (nSPS) is 10.6. The molecule has 0 unspecified atom stereocenters. The number of esters is 1. The number of aryl methyl sites for hydroxylation is 1. The minimum Gasteiger partial charge on any atom is -0.464 e. The summed E-state index contributed by atoms with van der Waals surface area (Å²) in [5.41, 5.74) is 5.31. The summed E-state index contributed by atoms with van der Waals surface area (Å²) in [5, 5.41) is 0. The number of halogens is 2. The van der Waals surface area contributed by atoms with Crippen LogP contribution in [-0.4, -0.2) is 18.1 Å². The zero-order chi connectivity index (χ0) is 12.3. The summed E-state index contributed by atoms with van der Waals surface area (Å²) in [6, 6.07) is 1.22. The molecule has 0 aliphatic rings. The van der Waals surface area contributed by atoms with E-state index in [-0.39, 0.29) is 23.4 Å². The number of pyridine rings is 1. The van der Waals surface area contributed by atoms with Crippen LogP contribution in [0.3, 0.4) is 0 Å². The van der Waals surface area contributed by atoms with E-state index in [0.29, 0.717) is 5.69 Å². The number of nitrogens with two attached hydrogens (primary N) is 1. The Morgan fingerprint density at radius 3 is 2.69 bits per heavy atom. The van der Waals surface area contributed by atoms with Crippen molar-refractivity contribution in [2.75, 3.05) is 7.11 Å². The second-order valence-corrected chi connectivity index (χ2v) is 3.18. The number of hydrogen-bond donors (Lipinski definition) is 1. The Balaban J connectivity index is 3.41. The molecule has 88 valence electrons. The summed E-state index contributed by atoms with van der Waals surface area (Å²) in [5.74, 6) is -0.758. The number of ether oxygens (including phenoxy) is 1. The van der Waals surface area contributed by atoms with Gasteiger partial charge < -0.3 is 10.5 Å². The van der Waals surface area contributed by atoms with Crippen LogP contribution >= 0.6 is 0 Å². The molecule has 1 aromatic rings. The third-order valence-electron chi connectivity index (χ3n) is 2.10. The summed E-state index contributed by atoms with van der Waals surface area (Å²) >= 11 is 0. The topological polar surface area (TPSA) is 65.2 Å². The van der Waals surface area contributed by atoms with Gasteiger partial charge in [0.15, 0.2) is 5.69 Å². The van der Waals surface area contributed by atoms with Gasteiger partial charge in [-0.15, -0.1) is 0 Å². The fraction of sp³-hybridized carbons (Fsp3) is 0.400. The first-order valence-electron chi connectivity index (χ1n) is 4.58. The van der Waals surface area contributed by atoms with Crippen LogP contribution in [0.1, 0.15) is 33.7 Å². The molecule has 0 aliphatic carbocycles. The Labute approximate surface area is 91.4 Å². The highest BCUT2D eigenvalue weighted by molar-refractivity contribution is 5.89. The Morgan fingerprint density at radius 2 is 2.25 bits per heavy atom. The Hall–Kier alpha value is -1.56. The third kappa shape index (κ3) is 2.33. The smallest absolute Gasteiger partial charge is 0.357 e. The van der Waals surface area contributed by atoms with Crippen molar-refractivity contribution in [3.63, 3.8) is 0 Å². The largest absolute Gasteiger partial charge is 0.464 e. The average molecular weight is 230 g/mol. The van der Waals surface area contributed by atoms with E-state index in [1.807, 2.05) is 0 Å². The number of carbonyl (C=O) groups excluding carboxylic acids is 1. The van der Waals surface area contributed by atoms with Gasteiger partial charge in [-0.2, -0.15) is 0 Å². The Bertz CT molecular complexity index is 408. The third-order valence-corrected chi connectivity index (χ3v) is 2.10. The van der Waals surface area contributed by atoms with E-state index < -0.39 is 12.4 Å². The van der Waals surface area contributed by atoms with Gasteiger partial charge in [0.1, 0.15) is 0 Å². The van der Waals surface area contributed by atoms with Crippen LogP contribution in [0.2, 0.25) is 0 Å². The molecule has 0 aromatic carbocycles. The maximum atomic E-state index is 12.7. The number of methoxy groups -OCH3 is 1. The SMILES string of the molecule is COC(=O)c1nc(C)cc(C(F)F)c1CN. The highest BCUT2D eigenvalue weighted by atomic mass is 19.3. The molecule has 0 radical (unpaired) electrons. The van der Waals surface area contributed by atoms with Gasteiger partial charge in [-0.3, -0.25) is 0 Å². The highest BCUT2D eigenvalue weighted by Crippen LogP contribution is 2.25. The fourth-order valence-electron chi connectivity index (χ4n) is 1.40. The summed E-state index contributed by atoms with van der Waals surface area (Å²) in [6.45, 7) is 1.34. The van der Waals surface area contributed by atoms with Gasteiger partial charge in [-0.1, -0.05) is 0 Å². The first-order valence-corrected chi connectivity index (χ1v) is 4.58. The zero-order valence-electron chi connectivity index (χ0n) is 8.96. The van der Waals surface area contributed by atoms with Crippen LogP contribution in [0.15, 0.2) is 6.07 Å². The van der Waals surface area contributed by atoms with Crippen LogP contribution in [0.5, 0.6) is 0 Å². The number of rotatable bonds is 3. The lowest BCUT2D eigenvalue weighted by Crippen LogP contribution is -2.15. The molecule has 0 fully saturated rings. The molecule has 0 saturated heterocycles. The van der Waals surface area contributed by atoms with E-state index in [0.717, 1.165) is 7.11 Å². The maximum absolute atomic E-state index is 12.7. The van der Waals surface area contributed by atoms with E-state index in [9.17, 15) is 13.6 Å². The number of alkyl halides is 2. The monoisotopic (exact) mass is 230 g/mol. The lowest BCUT2D eigenvalue weighted by Gasteiger charge is -2.11. The summed E-state index contributed by atoms with van der Waals surface area (Å²) in [7, 11) is 1.16. The zero-order valence-corrected chi connectivity index (χ0v) is 8.96. The second-order valence-electron chi connectivity index (χ2n) is 3.18. The number of nitrogens with zero attached hydrogens (tertiary/aromatic N) is 1. The standard InChI is InChI=1S/C10H12F2N2O2/c1-5-3-6(9(11)12)7(4-13)8(14-5)10(15)16-2/h3,9H,4,13H2,1-2H3. The molecule has 0 amide bonds. The van der Waals surface area contributed by atoms with Crippen LogP contribution in [-0.2, 0) is 11.3 Å². The van der Waals surface area contributed by atoms with Crippen molar-refractivity contribution in [1.82, 2.24) is 4.98 Å². The van der Waals surface area contributed by atoms with E-state index in [2.05, 4.69) is 9.72 Å². The number of carbonyl (C=O) groups is 1. The molecular formula is C10H12F2N2O2. The molecule has 0 spiro atoms. The molecule has 6 heteroatoms. The predicted octanol–water partition coefficient (Wildman–Crippen LogP) is 1.57. The van der Waals surface area contributed by atoms with Gasteiger partial charge >= 0.3 is 5.97 Å². The Kier molecular flexibility index (Phi) is 3.89. The minimum absolute atomic E-state index is 0.0347. The van der Waals surface area contributed by atoms with Gasteiger partial charge in [0, 0.05) is 23.4 Å². The summed E-state index contributed by atoms with van der Waals surface area (Å²) in [6.07, 6.45) is -2.69. The van der Waals surface area contributed by atoms with Gasteiger partial charge in [-0.25, -0.2) is 18.6 Å².